The number of rotatable bonds is 3. The largest absolute Gasteiger partial charge is 0.481 e. The van der Waals surface area contributed by atoms with Crippen LogP contribution >= 0.6 is 0 Å². The van der Waals surface area contributed by atoms with E-state index in [2.05, 4.69) is 17.2 Å². The van der Waals surface area contributed by atoms with Gasteiger partial charge in [0.25, 0.3) is 5.91 Å². The molecule has 1 aliphatic heterocycles. The third-order valence-electron chi connectivity index (χ3n) is 3.59. The van der Waals surface area contributed by atoms with E-state index < -0.39 is 17.3 Å². The van der Waals surface area contributed by atoms with Gasteiger partial charge in [-0.1, -0.05) is 24.1 Å². The standard InChI is InChI=1S/C16H17NO4/c18-14(7-6-13-4-2-1-3-5-13)17-12-16(15(19)20)8-10-21-11-9-16/h1-5H,8-12H2,(H,17,18)(H,19,20). The van der Waals surface area contributed by atoms with Gasteiger partial charge in [-0.25, -0.2) is 0 Å². The number of aliphatic carboxylic acids is 1. The number of hydrogen-bond acceptors (Lipinski definition) is 3. The van der Waals surface area contributed by atoms with Crippen LogP contribution in [0.25, 0.3) is 0 Å². The number of carbonyl (C=O) groups is 2. The molecule has 5 nitrogen and oxygen atoms in total. The van der Waals surface area contributed by atoms with Crippen LogP contribution in [0.1, 0.15) is 18.4 Å². The van der Waals surface area contributed by atoms with Crippen molar-refractivity contribution in [1.82, 2.24) is 5.32 Å². The van der Waals surface area contributed by atoms with Gasteiger partial charge in [-0.3, -0.25) is 9.59 Å². The predicted molar refractivity (Wildman–Crippen MR) is 76.5 cm³/mol. The first kappa shape index (κ1) is 15.1. The summed E-state index contributed by atoms with van der Waals surface area (Å²) in [6, 6.07) is 9.15. The van der Waals surface area contributed by atoms with Crippen LogP contribution < -0.4 is 5.32 Å². The van der Waals surface area contributed by atoms with Crippen molar-refractivity contribution in [2.45, 2.75) is 12.8 Å². The van der Waals surface area contributed by atoms with Gasteiger partial charge < -0.3 is 15.2 Å². The van der Waals surface area contributed by atoms with Crippen LogP contribution in [0.4, 0.5) is 0 Å². The van der Waals surface area contributed by atoms with Gasteiger partial charge in [0, 0.05) is 31.2 Å². The molecular weight excluding hydrogens is 270 g/mol. The minimum Gasteiger partial charge on any atom is -0.481 e. The Kier molecular flexibility index (Phi) is 4.96. The average Bonchev–Trinajstić information content (AvgIpc) is 2.52. The quantitative estimate of drug-likeness (QED) is 0.814. The van der Waals surface area contributed by atoms with Gasteiger partial charge in [0.2, 0.25) is 0 Å². The smallest absolute Gasteiger partial charge is 0.311 e. The molecule has 0 aliphatic carbocycles. The lowest BCUT2D eigenvalue weighted by atomic mass is 9.80. The van der Waals surface area contributed by atoms with Gasteiger partial charge in [-0.05, 0) is 25.0 Å². The minimum atomic E-state index is -0.942. The Morgan fingerprint density at radius 2 is 1.90 bits per heavy atom. The molecule has 0 atom stereocenters. The Bertz CT molecular complexity index is 565. The van der Waals surface area contributed by atoms with Crippen molar-refractivity contribution in [2.75, 3.05) is 19.8 Å². The van der Waals surface area contributed by atoms with Crippen LogP contribution in [-0.4, -0.2) is 36.7 Å². The minimum absolute atomic E-state index is 0.0774. The topological polar surface area (TPSA) is 75.6 Å². The molecule has 0 saturated carbocycles. The van der Waals surface area contributed by atoms with Crippen LogP contribution in [0.15, 0.2) is 30.3 Å². The fourth-order valence-electron chi connectivity index (χ4n) is 2.17. The van der Waals surface area contributed by atoms with Gasteiger partial charge in [0.15, 0.2) is 0 Å². The summed E-state index contributed by atoms with van der Waals surface area (Å²) in [6.45, 7) is 0.879. The molecule has 1 aromatic carbocycles. The second kappa shape index (κ2) is 6.91. The van der Waals surface area contributed by atoms with Gasteiger partial charge in [-0.15, -0.1) is 0 Å². The molecule has 1 heterocycles. The lowest BCUT2D eigenvalue weighted by molar-refractivity contribution is -0.154. The Labute approximate surface area is 123 Å². The fraction of sp³-hybridized carbons (Fsp3) is 0.375. The summed E-state index contributed by atoms with van der Waals surface area (Å²) in [6.07, 6.45) is 0.795. The maximum Gasteiger partial charge on any atom is 0.311 e. The van der Waals surface area contributed by atoms with E-state index in [0.29, 0.717) is 26.1 Å². The molecule has 0 bridgehead atoms. The number of benzene rings is 1. The van der Waals surface area contributed by atoms with Crippen molar-refractivity contribution >= 4 is 11.9 Å². The lowest BCUT2D eigenvalue weighted by Gasteiger charge is -2.32. The van der Waals surface area contributed by atoms with E-state index in [4.69, 9.17) is 4.74 Å². The molecule has 1 aliphatic rings. The first-order chi connectivity index (χ1) is 10.1. The molecule has 0 aromatic heterocycles. The summed E-state index contributed by atoms with van der Waals surface area (Å²) in [4.78, 5) is 23.1. The van der Waals surface area contributed by atoms with E-state index in [1.807, 2.05) is 18.2 Å². The van der Waals surface area contributed by atoms with E-state index in [9.17, 15) is 14.7 Å². The first-order valence-electron chi connectivity index (χ1n) is 6.78. The highest BCUT2D eigenvalue weighted by molar-refractivity contribution is 5.94. The maximum atomic E-state index is 11.7. The van der Waals surface area contributed by atoms with E-state index in [0.717, 1.165) is 5.56 Å². The molecule has 2 rings (SSSR count). The number of nitrogens with one attached hydrogen (secondary N) is 1. The highest BCUT2D eigenvalue weighted by atomic mass is 16.5. The number of carboxylic acid groups (broad SMARTS) is 1. The third-order valence-corrected chi connectivity index (χ3v) is 3.59. The first-order valence-corrected chi connectivity index (χ1v) is 6.78. The number of carboxylic acids is 1. The Morgan fingerprint density at radius 1 is 1.24 bits per heavy atom. The molecule has 5 heteroatoms. The zero-order valence-electron chi connectivity index (χ0n) is 11.6. The highest BCUT2D eigenvalue weighted by Gasteiger charge is 2.40. The highest BCUT2D eigenvalue weighted by Crippen LogP contribution is 2.29. The summed E-state index contributed by atoms with van der Waals surface area (Å²) in [5.41, 5.74) is -0.200. The van der Waals surface area contributed by atoms with Crippen molar-refractivity contribution in [1.29, 1.82) is 0 Å². The molecule has 21 heavy (non-hydrogen) atoms. The predicted octanol–water partition coefficient (Wildman–Crippen LogP) is 1.04. The van der Waals surface area contributed by atoms with Crippen molar-refractivity contribution < 1.29 is 19.4 Å². The van der Waals surface area contributed by atoms with Crippen molar-refractivity contribution in [3.8, 4) is 11.8 Å². The van der Waals surface area contributed by atoms with Crippen LogP contribution in [0.3, 0.4) is 0 Å². The molecular formula is C16H17NO4. The lowest BCUT2D eigenvalue weighted by Crippen LogP contribution is -2.46. The fourth-order valence-corrected chi connectivity index (χ4v) is 2.17. The molecule has 1 saturated heterocycles. The number of ether oxygens (including phenoxy) is 1. The van der Waals surface area contributed by atoms with Crippen LogP contribution in [0.5, 0.6) is 0 Å². The molecule has 0 radical (unpaired) electrons. The Hall–Kier alpha value is -2.32. The third kappa shape index (κ3) is 4.07. The summed E-state index contributed by atoms with van der Waals surface area (Å²) in [7, 11) is 0. The zero-order chi connectivity index (χ0) is 15.1. The number of hydrogen-bond donors (Lipinski definition) is 2. The average molecular weight is 287 g/mol. The summed E-state index contributed by atoms with van der Waals surface area (Å²) < 4.78 is 5.18. The number of amides is 1. The molecule has 2 N–H and O–H groups in total. The summed E-state index contributed by atoms with van der Waals surface area (Å²) >= 11 is 0. The van der Waals surface area contributed by atoms with E-state index in [1.165, 1.54) is 0 Å². The van der Waals surface area contributed by atoms with Crippen molar-refractivity contribution in [3.63, 3.8) is 0 Å². The molecule has 0 spiro atoms. The van der Waals surface area contributed by atoms with E-state index in [-0.39, 0.29) is 6.54 Å². The van der Waals surface area contributed by atoms with Crippen LogP contribution in [0.2, 0.25) is 0 Å². The van der Waals surface area contributed by atoms with Gasteiger partial charge in [-0.2, -0.15) is 0 Å². The van der Waals surface area contributed by atoms with Gasteiger partial charge >= 0.3 is 5.97 Å². The molecule has 1 fully saturated rings. The molecule has 1 aromatic rings. The van der Waals surface area contributed by atoms with Crippen LogP contribution in [0, 0.1) is 17.3 Å². The second-order valence-corrected chi connectivity index (χ2v) is 5.00. The maximum absolute atomic E-state index is 11.7. The van der Waals surface area contributed by atoms with Gasteiger partial charge in [0.1, 0.15) is 0 Å². The van der Waals surface area contributed by atoms with Crippen LogP contribution in [-0.2, 0) is 14.3 Å². The monoisotopic (exact) mass is 287 g/mol. The summed E-state index contributed by atoms with van der Waals surface area (Å²) in [5, 5.41) is 12.0. The Morgan fingerprint density at radius 3 is 2.52 bits per heavy atom. The van der Waals surface area contributed by atoms with Crippen molar-refractivity contribution in [2.24, 2.45) is 5.41 Å². The van der Waals surface area contributed by atoms with E-state index in [1.54, 1.807) is 12.1 Å². The summed E-state index contributed by atoms with van der Waals surface area (Å²) in [5.74, 6) is 3.84. The normalized spacial score (nSPS) is 16.4. The Balaban J connectivity index is 1.94. The number of carbonyl (C=O) groups excluding carboxylic acids is 1. The van der Waals surface area contributed by atoms with Gasteiger partial charge in [0.05, 0.1) is 5.41 Å². The molecule has 1 amide bonds. The molecule has 0 unspecified atom stereocenters. The second-order valence-electron chi connectivity index (χ2n) is 5.00. The zero-order valence-corrected chi connectivity index (χ0v) is 11.6. The van der Waals surface area contributed by atoms with E-state index >= 15 is 0 Å². The molecule has 110 valence electrons. The van der Waals surface area contributed by atoms with Crippen molar-refractivity contribution in [3.05, 3.63) is 35.9 Å². The SMILES string of the molecule is O=C(C#Cc1ccccc1)NCC1(C(=O)O)CCOCC1.